The van der Waals surface area contributed by atoms with Crippen molar-refractivity contribution < 1.29 is 0 Å². The van der Waals surface area contributed by atoms with Crippen LogP contribution in [0.2, 0.25) is 0 Å². The topological polar surface area (TPSA) is 37.8 Å². The standard InChI is InChI=1S/C12H7Br2N3S/c13-7-1-2-10-11(4-7)18-12(17-10)16-9-3-8(14)5-15-6-9/h1-6H,(H,16,17). The van der Waals surface area contributed by atoms with Gasteiger partial charge in [0.25, 0.3) is 0 Å². The number of halogens is 2. The molecular weight excluding hydrogens is 378 g/mol. The molecule has 2 heterocycles. The summed E-state index contributed by atoms with van der Waals surface area (Å²) < 4.78 is 3.15. The maximum atomic E-state index is 4.52. The lowest BCUT2D eigenvalue weighted by Gasteiger charge is -2.00. The van der Waals surface area contributed by atoms with E-state index in [1.807, 2.05) is 18.2 Å². The van der Waals surface area contributed by atoms with Crippen molar-refractivity contribution >= 4 is 64.2 Å². The molecule has 18 heavy (non-hydrogen) atoms. The lowest BCUT2D eigenvalue weighted by atomic mass is 10.3. The van der Waals surface area contributed by atoms with E-state index >= 15 is 0 Å². The average Bonchev–Trinajstić information content (AvgIpc) is 2.70. The predicted octanol–water partition coefficient (Wildman–Crippen LogP) is 4.96. The number of aromatic nitrogens is 2. The van der Waals surface area contributed by atoms with Gasteiger partial charge in [-0.25, -0.2) is 4.98 Å². The highest BCUT2D eigenvalue weighted by molar-refractivity contribution is 9.10. The van der Waals surface area contributed by atoms with Crippen molar-refractivity contribution in [2.24, 2.45) is 0 Å². The Morgan fingerprint density at radius 3 is 2.78 bits per heavy atom. The molecule has 0 saturated heterocycles. The quantitative estimate of drug-likeness (QED) is 0.678. The number of nitrogens with zero attached hydrogens (tertiary/aromatic N) is 2. The molecular formula is C12H7Br2N3S. The lowest BCUT2D eigenvalue weighted by Crippen LogP contribution is -1.89. The number of benzene rings is 1. The van der Waals surface area contributed by atoms with Gasteiger partial charge in [-0.05, 0) is 40.2 Å². The molecule has 0 bridgehead atoms. The Morgan fingerprint density at radius 1 is 1.06 bits per heavy atom. The van der Waals surface area contributed by atoms with E-state index in [0.29, 0.717) is 0 Å². The maximum Gasteiger partial charge on any atom is 0.188 e. The highest BCUT2D eigenvalue weighted by Gasteiger charge is 2.04. The molecule has 3 nitrogen and oxygen atoms in total. The summed E-state index contributed by atoms with van der Waals surface area (Å²) >= 11 is 8.47. The second kappa shape index (κ2) is 4.95. The molecule has 0 atom stereocenters. The van der Waals surface area contributed by atoms with Crippen molar-refractivity contribution in [2.45, 2.75) is 0 Å². The van der Waals surface area contributed by atoms with Crippen molar-refractivity contribution in [3.05, 3.63) is 45.6 Å². The Kier molecular flexibility index (Phi) is 3.32. The molecule has 0 spiro atoms. The third kappa shape index (κ3) is 2.55. The Bertz CT molecular complexity index is 711. The fraction of sp³-hybridized carbons (Fsp3) is 0. The van der Waals surface area contributed by atoms with E-state index < -0.39 is 0 Å². The minimum Gasteiger partial charge on any atom is -0.330 e. The van der Waals surface area contributed by atoms with Crippen LogP contribution in [-0.2, 0) is 0 Å². The molecule has 0 amide bonds. The van der Waals surface area contributed by atoms with E-state index in [1.165, 1.54) is 0 Å². The number of hydrogen-bond donors (Lipinski definition) is 1. The van der Waals surface area contributed by atoms with E-state index in [4.69, 9.17) is 0 Å². The summed E-state index contributed by atoms with van der Waals surface area (Å²) in [5, 5.41) is 4.12. The summed E-state index contributed by atoms with van der Waals surface area (Å²) in [5.74, 6) is 0. The van der Waals surface area contributed by atoms with Crippen molar-refractivity contribution in [2.75, 3.05) is 5.32 Å². The molecule has 3 rings (SSSR count). The first kappa shape index (κ1) is 12.1. The largest absolute Gasteiger partial charge is 0.330 e. The molecule has 0 aliphatic carbocycles. The van der Waals surface area contributed by atoms with Crippen LogP contribution < -0.4 is 5.32 Å². The number of thiazole rings is 1. The predicted molar refractivity (Wildman–Crippen MR) is 82.5 cm³/mol. The molecule has 6 heteroatoms. The Balaban J connectivity index is 1.95. The fourth-order valence-electron chi connectivity index (χ4n) is 1.56. The minimum atomic E-state index is 0.864. The monoisotopic (exact) mass is 383 g/mol. The van der Waals surface area contributed by atoms with Gasteiger partial charge in [0, 0.05) is 15.1 Å². The first-order valence-corrected chi connectivity index (χ1v) is 7.55. The van der Waals surface area contributed by atoms with Crippen LogP contribution in [-0.4, -0.2) is 9.97 Å². The molecule has 0 radical (unpaired) electrons. The number of fused-ring (bicyclic) bond motifs is 1. The summed E-state index contributed by atoms with van der Waals surface area (Å²) in [6.45, 7) is 0. The molecule has 0 fully saturated rings. The van der Waals surface area contributed by atoms with E-state index in [1.54, 1.807) is 23.7 Å². The normalized spacial score (nSPS) is 10.8. The van der Waals surface area contributed by atoms with E-state index in [0.717, 1.165) is 30.0 Å². The summed E-state index contributed by atoms with van der Waals surface area (Å²) in [7, 11) is 0. The molecule has 0 aliphatic heterocycles. The molecule has 0 saturated carbocycles. The second-order valence-corrected chi connectivity index (χ2v) is 6.51. The van der Waals surface area contributed by atoms with Gasteiger partial charge in [0.2, 0.25) is 0 Å². The van der Waals surface area contributed by atoms with Crippen LogP contribution in [0.4, 0.5) is 10.8 Å². The van der Waals surface area contributed by atoms with Gasteiger partial charge in [0.15, 0.2) is 5.13 Å². The first-order valence-electron chi connectivity index (χ1n) is 5.14. The van der Waals surface area contributed by atoms with Crippen molar-refractivity contribution in [1.29, 1.82) is 0 Å². The maximum absolute atomic E-state index is 4.52. The van der Waals surface area contributed by atoms with Crippen molar-refractivity contribution in [3.8, 4) is 0 Å². The van der Waals surface area contributed by atoms with E-state index in [9.17, 15) is 0 Å². The zero-order chi connectivity index (χ0) is 12.5. The molecule has 0 aliphatic rings. The lowest BCUT2D eigenvalue weighted by molar-refractivity contribution is 1.30. The molecule has 1 aromatic carbocycles. The second-order valence-electron chi connectivity index (χ2n) is 3.65. The van der Waals surface area contributed by atoms with Crippen LogP contribution in [0.25, 0.3) is 10.2 Å². The van der Waals surface area contributed by atoms with Gasteiger partial charge in [-0.3, -0.25) is 4.98 Å². The SMILES string of the molecule is Brc1cncc(Nc2nc3ccc(Br)cc3s2)c1. The van der Waals surface area contributed by atoms with E-state index in [-0.39, 0.29) is 0 Å². The molecule has 90 valence electrons. The van der Waals surface area contributed by atoms with Crippen LogP contribution in [0, 0.1) is 0 Å². The fourth-order valence-corrected chi connectivity index (χ4v) is 3.36. The number of anilines is 2. The van der Waals surface area contributed by atoms with Gasteiger partial charge in [0.05, 0.1) is 22.1 Å². The summed E-state index contributed by atoms with van der Waals surface area (Å²) in [6.07, 6.45) is 3.52. The average molecular weight is 385 g/mol. The van der Waals surface area contributed by atoms with Crippen LogP contribution in [0.1, 0.15) is 0 Å². The number of pyridine rings is 1. The first-order chi connectivity index (χ1) is 8.70. The Morgan fingerprint density at radius 2 is 1.94 bits per heavy atom. The smallest absolute Gasteiger partial charge is 0.188 e. The van der Waals surface area contributed by atoms with Gasteiger partial charge < -0.3 is 5.32 Å². The van der Waals surface area contributed by atoms with Crippen LogP contribution >= 0.6 is 43.2 Å². The number of hydrogen-bond acceptors (Lipinski definition) is 4. The zero-order valence-corrected chi connectivity index (χ0v) is 13.0. The third-order valence-electron chi connectivity index (χ3n) is 2.31. The van der Waals surface area contributed by atoms with Crippen LogP contribution in [0.3, 0.4) is 0 Å². The van der Waals surface area contributed by atoms with Crippen LogP contribution in [0.15, 0.2) is 45.6 Å². The minimum absolute atomic E-state index is 0.864. The number of nitrogens with one attached hydrogen (secondary N) is 1. The molecule has 1 N–H and O–H groups in total. The van der Waals surface area contributed by atoms with Gasteiger partial charge >= 0.3 is 0 Å². The van der Waals surface area contributed by atoms with E-state index in [2.05, 4.69) is 53.2 Å². The van der Waals surface area contributed by atoms with Gasteiger partial charge in [0.1, 0.15) is 0 Å². The van der Waals surface area contributed by atoms with Gasteiger partial charge in [-0.1, -0.05) is 27.3 Å². The summed E-state index contributed by atoms with van der Waals surface area (Å²) in [4.78, 5) is 8.63. The summed E-state index contributed by atoms with van der Waals surface area (Å²) in [6, 6.07) is 8.03. The molecule has 0 unspecified atom stereocenters. The number of rotatable bonds is 2. The Hall–Kier alpha value is -0.980. The molecule has 2 aromatic heterocycles. The highest BCUT2D eigenvalue weighted by atomic mass is 79.9. The van der Waals surface area contributed by atoms with Gasteiger partial charge in [-0.2, -0.15) is 0 Å². The van der Waals surface area contributed by atoms with Gasteiger partial charge in [-0.15, -0.1) is 0 Å². The molecule has 3 aromatic rings. The van der Waals surface area contributed by atoms with Crippen molar-refractivity contribution in [1.82, 2.24) is 9.97 Å². The van der Waals surface area contributed by atoms with Crippen LogP contribution in [0.5, 0.6) is 0 Å². The van der Waals surface area contributed by atoms with Crippen molar-refractivity contribution in [3.63, 3.8) is 0 Å². The Labute approximate surface area is 125 Å². The highest BCUT2D eigenvalue weighted by Crippen LogP contribution is 2.30. The third-order valence-corrected chi connectivity index (χ3v) is 4.17. The summed E-state index contributed by atoms with van der Waals surface area (Å²) in [5.41, 5.74) is 1.91. The zero-order valence-electron chi connectivity index (χ0n) is 9.02.